The van der Waals surface area contributed by atoms with E-state index in [1.54, 1.807) is 29.8 Å². The first-order chi connectivity index (χ1) is 9.10. The Labute approximate surface area is 116 Å². The van der Waals surface area contributed by atoms with E-state index in [0.717, 1.165) is 11.5 Å². The molecule has 2 rings (SSSR count). The largest absolute Gasteiger partial charge is 0.455 e. The van der Waals surface area contributed by atoms with E-state index in [4.69, 9.17) is 4.42 Å². The SMILES string of the molecule is CSCc1ccc(C(=O)N[C@H]2CCC(=O)N(C)C2)o1. The molecular weight excluding hydrogens is 264 g/mol. The van der Waals surface area contributed by atoms with Gasteiger partial charge in [-0.25, -0.2) is 0 Å². The van der Waals surface area contributed by atoms with Crippen LogP contribution in [0, 0.1) is 0 Å². The predicted molar refractivity (Wildman–Crippen MR) is 74.1 cm³/mol. The summed E-state index contributed by atoms with van der Waals surface area (Å²) in [6, 6.07) is 3.52. The summed E-state index contributed by atoms with van der Waals surface area (Å²) in [7, 11) is 1.75. The Morgan fingerprint density at radius 2 is 2.37 bits per heavy atom. The van der Waals surface area contributed by atoms with Crippen molar-refractivity contribution in [2.24, 2.45) is 0 Å². The fourth-order valence-electron chi connectivity index (χ4n) is 2.11. The molecule has 0 aromatic carbocycles. The summed E-state index contributed by atoms with van der Waals surface area (Å²) in [5.74, 6) is 1.82. The van der Waals surface area contributed by atoms with Crippen LogP contribution in [0.4, 0.5) is 0 Å². The van der Waals surface area contributed by atoms with Gasteiger partial charge in [-0.05, 0) is 24.8 Å². The topological polar surface area (TPSA) is 62.6 Å². The zero-order valence-electron chi connectivity index (χ0n) is 11.1. The van der Waals surface area contributed by atoms with Crippen LogP contribution in [0.25, 0.3) is 0 Å². The van der Waals surface area contributed by atoms with E-state index in [9.17, 15) is 9.59 Å². The van der Waals surface area contributed by atoms with Crippen molar-refractivity contribution >= 4 is 23.6 Å². The van der Waals surface area contributed by atoms with Crippen molar-refractivity contribution in [1.82, 2.24) is 10.2 Å². The molecule has 1 aliphatic rings. The van der Waals surface area contributed by atoms with Crippen molar-refractivity contribution in [1.29, 1.82) is 0 Å². The summed E-state index contributed by atoms with van der Waals surface area (Å²) in [5, 5.41) is 2.91. The number of furan rings is 1. The van der Waals surface area contributed by atoms with Crippen molar-refractivity contribution < 1.29 is 14.0 Å². The first-order valence-electron chi connectivity index (χ1n) is 6.22. The highest BCUT2D eigenvalue weighted by Crippen LogP contribution is 2.15. The number of carbonyl (C=O) groups excluding carboxylic acids is 2. The zero-order chi connectivity index (χ0) is 13.8. The van der Waals surface area contributed by atoms with E-state index in [0.29, 0.717) is 25.1 Å². The predicted octanol–water partition coefficient (Wildman–Crippen LogP) is 1.49. The fraction of sp³-hybridized carbons (Fsp3) is 0.538. The highest BCUT2D eigenvalue weighted by atomic mass is 32.2. The average molecular weight is 282 g/mol. The molecule has 1 aromatic heterocycles. The van der Waals surface area contributed by atoms with Crippen LogP contribution in [0.15, 0.2) is 16.5 Å². The molecule has 19 heavy (non-hydrogen) atoms. The summed E-state index contributed by atoms with van der Waals surface area (Å²) in [5.41, 5.74) is 0. The van der Waals surface area contributed by atoms with Gasteiger partial charge in [-0.1, -0.05) is 0 Å². The zero-order valence-corrected chi connectivity index (χ0v) is 12.0. The molecule has 5 nitrogen and oxygen atoms in total. The lowest BCUT2D eigenvalue weighted by Gasteiger charge is -2.29. The summed E-state index contributed by atoms with van der Waals surface area (Å²) in [4.78, 5) is 25.0. The minimum Gasteiger partial charge on any atom is -0.455 e. The number of rotatable bonds is 4. The molecule has 2 heterocycles. The lowest BCUT2D eigenvalue weighted by molar-refractivity contribution is -0.132. The van der Waals surface area contributed by atoms with Crippen LogP contribution >= 0.6 is 11.8 Å². The third-order valence-corrected chi connectivity index (χ3v) is 3.71. The van der Waals surface area contributed by atoms with E-state index < -0.39 is 0 Å². The lowest BCUT2D eigenvalue weighted by Crippen LogP contribution is -2.48. The Kier molecular flexibility index (Phi) is 4.52. The highest BCUT2D eigenvalue weighted by Gasteiger charge is 2.25. The van der Waals surface area contributed by atoms with Crippen molar-refractivity contribution in [3.8, 4) is 0 Å². The lowest BCUT2D eigenvalue weighted by atomic mass is 10.1. The van der Waals surface area contributed by atoms with Gasteiger partial charge < -0.3 is 14.6 Å². The van der Waals surface area contributed by atoms with E-state index >= 15 is 0 Å². The summed E-state index contributed by atoms with van der Waals surface area (Å²) < 4.78 is 5.46. The molecule has 1 aliphatic heterocycles. The van der Waals surface area contributed by atoms with Crippen molar-refractivity contribution in [2.75, 3.05) is 19.8 Å². The molecule has 0 aliphatic carbocycles. The van der Waals surface area contributed by atoms with Gasteiger partial charge in [0.05, 0.1) is 5.75 Å². The second kappa shape index (κ2) is 6.14. The minimum absolute atomic E-state index is 0.00398. The molecule has 1 aromatic rings. The number of nitrogens with one attached hydrogen (secondary N) is 1. The molecular formula is C13H18N2O3S. The third-order valence-electron chi connectivity index (χ3n) is 3.13. The van der Waals surface area contributed by atoms with Gasteiger partial charge in [0, 0.05) is 26.1 Å². The maximum absolute atomic E-state index is 12.0. The standard InChI is InChI=1S/C13H18N2O3S/c1-15-7-9(3-6-12(15)16)14-13(17)11-5-4-10(18-11)8-19-2/h4-5,9H,3,6-8H2,1-2H3,(H,14,17)/t9-/m0/s1. The number of piperidine rings is 1. The summed E-state index contributed by atoms with van der Waals surface area (Å²) in [6.07, 6.45) is 3.15. The van der Waals surface area contributed by atoms with Crippen LogP contribution in [0.2, 0.25) is 0 Å². The molecule has 1 atom stereocenters. The van der Waals surface area contributed by atoms with Gasteiger partial charge in [0.2, 0.25) is 5.91 Å². The molecule has 6 heteroatoms. The number of amides is 2. The molecule has 0 unspecified atom stereocenters. The molecule has 2 amide bonds. The molecule has 0 radical (unpaired) electrons. The minimum atomic E-state index is -0.208. The number of likely N-dealkylation sites (N-methyl/N-ethyl adjacent to an activating group) is 1. The van der Waals surface area contributed by atoms with Gasteiger partial charge in [0.15, 0.2) is 5.76 Å². The van der Waals surface area contributed by atoms with Gasteiger partial charge in [-0.15, -0.1) is 0 Å². The maximum atomic E-state index is 12.0. The number of carbonyl (C=O) groups is 2. The summed E-state index contributed by atoms with van der Waals surface area (Å²) in [6.45, 7) is 0.558. The van der Waals surface area contributed by atoms with Crippen LogP contribution in [-0.2, 0) is 10.5 Å². The van der Waals surface area contributed by atoms with E-state index in [1.807, 2.05) is 12.3 Å². The number of thioether (sulfide) groups is 1. The van der Waals surface area contributed by atoms with Crippen molar-refractivity contribution in [2.45, 2.75) is 24.6 Å². The second-order valence-corrected chi connectivity index (χ2v) is 5.55. The van der Waals surface area contributed by atoms with Gasteiger partial charge in [0.1, 0.15) is 5.76 Å². The normalized spacial score (nSPS) is 19.6. The number of likely N-dealkylation sites (tertiary alicyclic amines) is 1. The van der Waals surface area contributed by atoms with Crippen LogP contribution in [-0.4, -0.2) is 42.6 Å². The Hall–Kier alpha value is -1.43. The van der Waals surface area contributed by atoms with Crippen LogP contribution in [0.3, 0.4) is 0 Å². The van der Waals surface area contributed by atoms with Gasteiger partial charge in [0.25, 0.3) is 5.91 Å². The molecule has 0 bridgehead atoms. The summed E-state index contributed by atoms with van der Waals surface area (Å²) >= 11 is 1.65. The Morgan fingerprint density at radius 3 is 3.05 bits per heavy atom. The monoisotopic (exact) mass is 282 g/mol. The fourth-order valence-corrected chi connectivity index (χ4v) is 2.55. The van der Waals surface area contributed by atoms with E-state index in [-0.39, 0.29) is 17.9 Å². The Morgan fingerprint density at radius 1 is 1.58 bits per heavy atom. The van der Waals surface area contributed by atoms with E-state index in [2.05, 4.69) is 5.32 Å². The van der Waals surface area contributed by atoms with Crippen LogP contribution in [0.5, 0.6) is 0 Å². The molecule has 104 valence electrons. The molecule has 1 saturated heterocycles. The Balaban J connectivity index is 1.91. The van der Waals surface area contributed by atoms with E-state index in [1.165, 1.54) is 0 Å². The van der Waals surface area contributed by atoms with Crippen molar-refractivity contribution in [3.63, 3.8) is 0 Å². The van der Waals surface area contributed by atoms with Gasteiger partial charge >= 0.3 is 0 Å². The first kappa shape index (κ1) is 14.0. The molecule has 0 spiro atoms. The van der Waals surface area contributed by atoms with Crippen LogP contribution in [0.1, 0.15) is 29.2 Å². The Bertz CT molecular complexity index is 472. The quantitative estimate of drug-likeness (QED) is 0.909. The molecule has 1 fully saturated rings. The first-order valence-corrected chi connectivity index (χ1v) is 7.62. The number of hydrogen-bond donors (Lipinski definition) is 1. The van der Waals surface area contributed by atoms with Crippen LogP contribution < -0.4 is 5.32 Å². The molecule has 1 N–H and O–H groups in total. The van der Waals surface area contributed by atoms with Gasteiger partial charge in [-0.3, -0.25) is 9.59 Å². The molecule has 0 saturated carbocycles. The third kappa shape index (κ3) is 3.53. The smallest absolute Gasteiger partial charge is 0.287 e. The maximum Gasteiger partial charge on any atom is 0.287 e. The number of hydrogen-bond acceptors (Lipinski definition) is 4. The average Bonchev–Trinajstić information content (AvgIpc) is 2.83. The van der Waals surface area contributed by atoms with Crippen molar-refractivity contribution in [3.05, 3.63) is 23.7 Å². The van der Waals surface area contributed by atoms with Gasteiger partial charge in [-0.2, -0.15) is 11.8 Å². The second-order valence-electron chi connectivity index (χ2n) is 4.68. The highest BCUT2D eigenvalue weighted by molar-refractivity contribution is 7.97. The number of nitrogens with zero attached hydrogens (tertiary/aromatic N) is 1.